The van der Waals surface area contributed by atoms with Crippen molar-refractivity contribution in [1.29, 1.82) is 0 Å². The molecule has 1 rings (SSSR count). The highest BCUT2D eigenvalue weighted by Crippen LogP contribution is 2.20. The van der Waals surface area contributed by atoms with Gasteiger partial charge in [-0.25, -0.2) is 4.39 Å². The summed E-state index contributed by atoms with van der Waals surface area (Å²) < 4.78 is 13.3. The topological polar surface area (TPSA) is 41.1 Å². The van der Waals surface area contributed by atoms with Gasteiger partial charge in [0.05, 0.1) is 6.54 Å². The number of hydrogen-bond donors (Lipinski definition) is 2. The number of nitrogens with one attached hydrogen (secondary N) is 2. The van der Waals surface area contributed by atoms with Gasteiger partial charge in [0.15, 0.2) is 0 Å². The SMILES string of the molecule is CCNCC(=O)NCc1cc(F)c(C)cc1Cl. The lowest BCUT2D eigenvalue weighted by Gasteiger charge is -2.08. The Kier molecular flexibility index (Phi) is 5.38. The van der Waals surface area contributed by atoms with Crippen molar-refractivity contribution in [1.82, 2.24) is 10.6 Å². The zero-order chi connectivity index (χ0) is 12.8. The van der Waals surface area contributed by atoms with Gasteiger partial charge >= 0.3 is 0 Å². The fourth-order valence-corrected chi connectivity index (χ4v) is 1.60. The van der Waals surface area contributed by atoms with Crippen molar-refractivity contribution in [3.05, 3.63) is 34.1 Å². The number of rotatable bonds is 5. The van der Waals surface area contributed by atoms with Crippen molar-refractivity contribution in [2.75, 3.05) is 13.1 Å². The van der Waals surface area contributed by atoms with E-state index in [-0.39, 0.29) is 24.8 Å². The van der Waals surface area contributed by atoms with E-state index in [9.17, 15) is 9.18 Å². The van der Waals surface area contributed by atoms with E-state index >= 15 is 0 Å². The van der Waals surface area contributed by atoms with Crippen molar-refractivity contribution in [3.63, 3.8) is 0 Å². The Labute approximate surface area is 105 Å². The average molecular weight is 259 g/mol. The Balaban J connectivity index is 2.57. The largest absolute Gasteiger partial charge is 0.351 e. The number of halogens is 2. The maximum atomic E-state index is 13.3. The van der Waals surface area contributed by atoms with Gasteiger partial charge in [-0.15, -0.1) is 0 Å². The lowest BCUT2D eigenvalue weighted by molar-refractivity contribution is -0.120. The van der Waals surface area contributed by atoms with Gasteiger partial charge in [-0.05, 0) is 36.7 Å². The molecule has 3 nitrogen and oxygen atoms in total. The second-order valence-electron chi connectivity index (χ2n) is 3.75. The van der Waals surface area contributed by atoms with E-state index < -0.39 is 0 Å². The molecule has 0 aliphatic heterocycles. The number of carbonyl (C=O) groups is 1. The number of aryl methyl sites for hydroxylation is 1. The second-order valence-corrected chi connectivity index (χ2v) is 4.16. The zero-order valence-electron chi connectivity index (χ0n) is 9.94. The van der Waals surface area contributed by atoms with Gasteiger partial charge in [0.2, 0.25) is 5.91 Å². The van der Waals surface area contributed by atoms with Crippen LogP contribution < -0.4 is 10.6 Å². The summed E-state index contributed by atoms with van der Waals surface area (Å²) in [7, 11) is 0. The summed E-state index contributed by atoms with van der Waals surface area (Å²) in [5.74, 6) is -0.450. The molecule has 0 aliphatic carbocycles. The molecule has 1 aromatic carbocycles. The monoisotopic (exact) mass is 258 g/mol. The Morgan fingerprint density at radius 1 is 1.47 bits per heavy atom. The first-order valence-electron chi connectivity index (χ1n) is 5.46. The fourth-order valence-electron chi connectivity index (χ4n) is 1.32. The molecule has 1 amide bonds. The van der Waals surface area contributed by atoms with Crippen LogP contribution in [-0.2, 0) is 11.3 Å². The Morgan fingerprint density at radius 2 is 2.18 bits per heavy atom. The van der Waals surface area contributed by atoms with Gasteiger partial charge in [-0.2, -0.15) is 0 Å². The molecular weight excluding hydrogens is 243 g/mol. The summed E-state index contributed by atoms with van der Waals surface area (Å²) in [6.45, 7) is 4.78. The van der Waals surface area contributed by atoms with Crippen LogP contribution in [0.5, 0.6) is 0 Å². The third-order valence-electron chi connectivity index (χ3n) is 2.34. The molecule has 1 aromatic rings. The van der Waals surface area contributed by atoms with Crippen LogP contribution in [-0.4, -0.2) is 19.0 Å². The van der Waals surface area contributed by atoms with Crippen LogP contribution in [0.1, 0.15) is 18.1 Å². The normalized spacial score (nSPS) is 10.4. The van der Waals surface area contributed by atoms with Crippen LogP contribution in [0.3, 0.4) is 0 Å². The molecule has 17 heavy (non-hydrogen) atoms. The number of amides is 1. The van der Waals surface area contributed by atoms with Crippen molar-refractivity contribution >= 4 is 17.5 Å². The van der Waals surface area contributed by atoms with E-state index in [1.54, 1.807) is 13.0 Å². The standard InChI is InChI=1S/C12H16ClFN2O/c1-3-15-7-12(17)16-6-9-5-11(14)8(2)4-10(9)13/h4-5,15H,3,6-7H2,1-2H3,(H,16,17). The van der Waals surface area contributed by atoms with Gasteiger partial charge in [-0.1, -0.05) is 18.5 Å². The highest BCUT2D eigenvalue weighted by Gasteiger charge is 2.07. The Hall–Kier alpha value is -1.13. The molecule has 0 aliphatic rings. The molecule has 0 heterocycles. The smallest absolute Gasteiger partial charge is 0.234 e. The summed E-state index contributed by atoms with van der Waals surface area (Å²) >= 11 is 5.96. The van der Waals surface area contributed by atoms with Crippen molar-refractivity contribution in [2.45, 2.75) is 20.4 Å². The summed E-state index contributed by atoms with van der Waals surface area (Å²) in [4.78, 5) is 11.3. The average Bonchev–Trinajstić information content (AvgIpc) is 2.29. The number of hydrogen-bond acceptors (Lipinski definition) is 2. The van der Waals surface area contributed by atoms with E-state index in [1.165, 1.54) is 6.07 Å². The predicted octanol–water partition coefficient (Wildman–Crippen LogP) is 2.01. The van der Waals surface area contributed by atoms with Crippen LogP contribution in [0, 0.1) is 12.7 Å². The maximum Gasteiger partial charge on any atom is 0.234 e. The van der Waals surface area contributed by atoms with E-state index in [2.05, 4.69) is 10.6 Å². The molecule has 0 unspecified atom stereocenters. The minimum absolute atomic E-state index is 0.135. The minimum atomic E-state index is -0.315. The summed E-state index contributed by atoms with van der Waals surface area (Å²) in [5.41, 5.74) is 1.08. The molecule has 0 bridgehead atoms. The highest BCUT2D eigenvalue weighted by atomic mass is 35.5. The number of benzene rings is 1. The van der Waals surface area contributed by atoms with Crippen LogP contribution in [0.25, 0.3) is 0 Å². The summed E-state index contributed by atoms with van der Waals surface area (Å²) in [6.07, 6.45) is 0. The maximum absolute atomic E-state index is 13.3. The van der Waals surface area contributed by atoms with Crippen LogP contribution in [0.15, 0.2) is 12.1 Å². The molecule has 5 heteroatoms. The first-order chi connectivity index (χ1) is 8.04. The molecular formula is C12H16ClFN2O. The van der Waals surface area contributed by atoms with Crippen molar-refractivity contribution in [3.8, 4) is 0 Å². The number of carbonyl (C=O) groups excluding carboxylic acids is 1. The third kappa shape index (κ3) is 4.32. The zero-order valence-corrected chi connectivity index (χ0v) is 10.7. The van der Waals surface area contributed by atoms with E-state index in [1.807, 2.05) is 6.92 Å². The van der Waals surface area contributed by atoms with Crippen molar-refractivity contribution < 1.29 is 9.18 Å². The number of likely N-dealkylation sites (N-methyl/N-ethyl adjacent to an activating group) is 1. The lowest BCUT2D eigenvalue weighted by atomic mass is 10.1. The molecule has 0 spiro atoms. The molecule has 0 atom stereocenters. The van der Waals surface area contributed by atoms with Gasteiger partial charge < -0.3 is 10.6 Å². The fraction of sp³-hybridized carbons (Fsp3) is 0.417. The first kappa shape index (κ1) is 13.9. The van der Waals surface area contributed by atoms with E-state index in [0.29, 0.717) is 16.1 Å². The Morgan fingerprint density at radius 3 is 2.82 bits per heavy atom. The quantitative estimate of drug-likeness (QED) is 0.848. The third-order valence-corrected chi connectivity index (χ3v) is 2.69. The van der Waals surface area contributed by atoms with Gasteiger partial charge in [0, 0.05) is 11.6 Å². The van der Waals surface area contributed by atoms with E-state index in [0.717, 1.165) is 6.54 Å². The molecule has 0 saturated carbocycles. The van der Waals surface area contributed by atoms with Crippen LogP contribution in [0.4, 0.5) is 4.39 Å². The summed E-state index contributed by atoms with van der Waals surface area (Å²) in [6, 6.07) is 2.91. The molecule has 0 fully saturated rings. The highest BCUT2D eigenvalue weighted by molar-refractivity contribution is 6.31. The molecule has 94 valence electrons. The molecule has 0 saturated heterocycles. The van der Waals surface area contributed by atoms with Crippen LogP contribution in [0.2, 0.25) is 5.02 Å². The summed E-state index contributed by atoms with van der Waals surface area (Å²) in [5, 5.41) is 6.03. The van der Waals surface area contributed by atoms with Crippen molar-refractivity contribution in [2.24, 2.45) is 0 Å². The molecule has 2 N–H and O–H groups in total. The van der Waals surface area contributed by atoms with Gasteiger partial charge in [0.1, 0.15) is 5.82 Å². The van der Waals surface area contributed by atoms with Gasteiger partial charge in [-0.3, -0.25) is 4.79 Å². The lowest BCUT2D eigenvalue weighted by Crippen LogP contribution is -2.33. The Bertz CT molecular complexity index is 410. The van der Waals surface area contributed by atoms with E-state index in [4.69, 9.17) is 11.6 Å². The molecule has 0 radical (unpaired) electrons. The minimum Gasteiger partial charge on any atom is -0.351 e. The molecule has 0 aromatic heterocycles. The van der Waals surface area contributed by atoms with Crippen LogP contribution >= 0.6 is 11.6 Å². The predicted molar refractivity (Wildman–Crippen MR) is 66.5 cm³/mol. The second kappa shape index (κ2) is 6.57. The van der Waals surface area contributed by atoms with Gasteiger partial charge in [0.25, 0.3) is 0 Å². The first-order valence-corrected chi connectivity index (χ1v) is 5.84.